The van der Waals surface area contributed by atoms with E-state index in [2.05, 4.69) is 26.5 Å². The number of rotatable bonds is 6. The van der Waals surface area contributed by atoms with Crippen LogP contribution in [0.2, 0.25) is 0 Å². The van der Waals surface area contributed by atoms with E-state index in [1.54, 1.807) is 6.07 Å². The summed E-state index contributed by atoms with van der Waals surface area (Å²) in [5, 5.41) is 10.6. The van der Waals surface area contributed by atoms with Gasteiger partial charge >= 0.3 is 0 Å². The third-order valence-electron chi connectivity index (χ3n) is 3.00. The average Bonchev–Trinajstić information content (AvgIpc) is 2.30. The fourth-order valence-corrected chi connectivity index (χ4v) is 2.09. The van der Waals surface area contributed by atoms with Gasteiger partial charge in [0, 0.05) is 18.1 Å². The van der Waals surface area contributed by atoms with Gasteiger partial charge in [0.1, 0.15) is 5.75 Å². The molecule has 18 heavy (non-hydrogen) atoms. The van der Waals surface area contributed by atoms with Crippen LogP contribution in [-0.4, -0.2) is 17.3 Å². The minimum absolute atomic E-state index is 0.0921. The summed E-state index contributed by atoms with van der Waals surface area (Å²) in [5.74, 6) is 2.35. The van der Waals surface area contributed by atoms with E-state index in [1.807, 2.05) is 6.92 Å². The maximum atomic E-state index is 10.6. The predicted octanol–water partition coefficient (Wildman–Crippen LogP) is 3.48. The lowest BCUT2D eigenvalue weighted by atomic mass is 9.99. The van der Waals surface area contributed by atoms with Gasteiger partial charge in [0.25, 0.3) is 5.69 Å². The predicted molar refractivity (Wildman–Crippen MR) is 75.5 cm³/mol. The van der Waals surface area contributed by atoms with Crippen LogP contribution >= 0.6 is 12.6 Å². The Morgan fingerprint density at radius 2 is 2.11 bits per heavy atom. The van der Waals surface area contributed by atoms with Crippen molar-refractivity contribution < 1.29 is 9.66 Å². The van der Waals surface area contributed by atoms with Crippen LogP contribution in [0.3, 0.4) is 0 Å². The van der Waals surface area contributed by atoms with Crippen molar-refractivity contribution in [2.75, 3.05) is 12.4 Å². The minimum Gasteiger partial charge on any atom is -0.493 e. The SMILES string of the molecule is Cc1cc([N+](=O)[O-])ccc1OCC(CS)C(C)C. The third kappa shape index (κ3) is 3.91. The van der Waals surface area contributed by atoms with Crippen LogP contribution in [-0.2, 0) is 0 Å². The normalized spacial score (nSPS) is 12.5. The minimum atomic E-state index is -0.401. The number of non-ortho nitro benzene ring substituents is 1. The number of nitrogens with zero attached hydrogens (tertiary/aromatic N) is 1. The van der Waals surface area contributed by atoms with E-state index < -0.39 is 4.92 Å². The Morgan fingerprint density at radius 1 is 1.44 bits per heavy atom. The summed E-state index contributed by atoms with van der Waals surface area (Å²) in [6.45, 7) is 6.66. The molecule has 0 aliphatic carbocycles. The van der Waals surface area contributed by atoms with Gasteiger partial charge in [-0.15, -0.1) is 0 Å². The Kier molecular flexibility index (Phi) is 5.47. The van der Waals surface area contributed by atoms with E-state index in [1.165, 1.54) is 12.1 Å². The smallest absolute Gasteiger partial charge is 0.269 e. The van der Waals surface area contributed by atoms with Gasteiger partial charge in [0.15, 0.2) is 0 Å². The number of aryl methyl sites for hydroxylation is 1. The lowest BCUT2D eigenvalue weighted by molar-refractivity contribution is -0.384. The molecule has 5 heteroatoms. The molecule has 4 nitrogen and oxygen atoms in total. The summed E-state index contributed by atoms with van der Waals surface area (Å²) in [5.41, 5.74) is 0.875. The molecule has 0 aliphatic heterocycles. The molecule has 0 aromatic heterocycles. The molecule has 1 aromatic carbocycles. The summed E-state index contributed by atoms with van der Waals surface area (Å²) in [4.78, 5) is 10.2. The molecule has 0 heterocycles. The van der Waals surface area contributed by atoms with Crippen molar-refractivity contribution in [3.05, 3.63) is 33.9 Å². The third-order valence-corrected chi connectivity index (χ3v) is 3.47. The molecule has 0 saturated carbocycles. The maximum Gasteiger partial charge on any atom is 0.269 e. The molecule has 1 aromatic rings. The number of thiol groups is 1. The average molecular weight is 269 g/mol. The number of ether oxygens (including phenoxy) is 1. The van der Waals surface area contributed by atoms with Crippen molar-refractivity contribution in [1.29, 1.82) is 0 Å². The molecule has 1 rings (SSSR count). The molecule has 0 saturated heterocycles. The Labute approximate surface area is 113 Å². The van der Waals surface area contributed by atoms with Crippen LogP contribution in [0.4, 0.5) is 5.69 Å². The van der Waals surface area contributed by atoms with Gasteiger partial charge in [-0.2, -0.15) is 12.6 Å². The zero-order valence-electron chi connectivity index (χ0n) is 10.9. The summed E-state index contributed by atoms with van der Waals surface area (Å²) < 4.78 is 5.71. The summed E-state index contributed by atoms with van der Waals surface area (Å²) >= 11 is 4.30. The quantitative estimate of drug-likeness (QED) is 0.488. The molecule has 100 valence electrons. The summed E-state index contributed by atoms with van der Waals surface area (Å²) in [7, 11) is 0. The van der Waals surface area contributed by atoms with Gasteiger partial charge in [-0.05, 0) is 30.2 Å². The Morgan fingerprint density at radius 3 is 2.56 bits per heavy atom. The highest BCUT2D eigenvalue weighted by Gasteiger charge is 2.14. The monoisotopic (exact) mass is 269 g/mol. The van der Waals surface area contributed by atoms with Gasteiger partial charge in [-0.3, -0.25) is 10.1 Å². The lowest BCUT2D eigenvalue weighted by Crippen LogP contribution is -2.19. The summed E-state index contributed by atoms with van der Waals surface area (Å²) in [6.07, 6.45) is 0. The largest absolute Gasteiger partial charge is 0.493 e. The first kappa shape index (κ1) is 14.8. The summed E-state index contributed by atoms with van der Waals surface area (Å²) in [6, 6.07) is 4.65. The molecule has 1 unspecified atom stereocenters. The molecule has 0 fully saturated rings. The molecular weight excluding hydrogens is 250 g/mol. The van der Waals surface area contributed by atoms with Crippen molar-refractivity contribution in [3.8, 4) is 5.75 Å². The van der Waals surface area contributed by atoms with Crippen molar-refractivity contribution in [3.63, 3.8) is 0 Å². The molecule has 0 amide bonds. The van der Waals surface area contributed by atoms with E-state index in [0.29, 0.717) is 24.2 Å². The van der Waals surface area contributed by atoms with E-state index >= 15 is 0 Å². The van der Waals surface area contributed by atoms with Crippen LogP contribution in [0.15, 0.2) is 18.2 Å². The first-order chi connectivity index (χ1) is 8.45. The van der Waals surface area contributed by atoms with Crippen LogP contribution in [0, 0.1) is 28.9 Å². The van der Waals surface area contributed by atoms with Crippen LogP contribution in [0.1, 0.15) is 19.4 Å². The molecular formula is C13H19NO3S. The highest BCUT2D eigenvalue weighted by atomic mass is 32.1. The van der Waals surface area contributed by atoms with Crippen molar-refractivity contribution >= 4 is 18.3 Å². The van der Waals surface area contributed by atoms with Crippen LogP contribution in [0.25, 0.3) is 0 Å². The number of benzene rings is 1. The topological polar surface area (TPSA) is 52.4 Å². The fourth-order valence-electron chi connectivity index (χ4n) is 1.56. The molecule has 0 N–H and O–H groups in total. The van der Waals surface area contributed by atoms with Crippen molar-refractivity contribution in [2.24, 2.45) is 11.8 Å². The Balaban J connectivity index is 2.71. The maximum absolute atomic E-state index is 10.6. The van der Waals surface area contributed by atoms with E-state index in [4.69, 9.17) is 4.74 Å². The van der Waals surface area contributed by atoms with E-state index in [9.17, 15) is 10.1 Å². The molecule has 0 aliphatic rings. The Bertz CT molecular complexity index is 421. The Hall–Kier alpha value is -1.23. The standard InChI is InChI=1S/C13H19NO3S/c1-9(2)11(8-18)7-17-13-5-4-12(14(15)16)6-10(13)3/h4-6,9,11,18H,7-8H2,1-3H3. The van der Waals surface area contributed by atoms with Gasteiger partial charge in [-0.1, -0.05) is 13.8 Å². The highest BCUT2D eigenvalue weighted by Crippen LogP contribution is 2.24. The van der Waals surface area contributed by atoms with Gasteiger partial charge in [0.2, 0.25) is 0 Å². The van der Waals surface area contributed by atoms with E-state index in [0.717, 1.165) is 11.3 Å². The fraction of sp³-hybridized carbons (Fsp3) is 0.538. The van der Waals surface area contributed by atoms with Gasteiger partial charge in [0.05, 0.1) is 11.5 Å². The zero-order chi connectivity index (χ0) is 13.7. The molecule has 0 spiro atoms. The molecule has 1 atom stereocenters. The molecule has 0 bridgehead atoms. The second-order valence-corrected chi connectivity index (χ2v) is 5.07. The van der Waals surface area contributed by atoms with Gasteiger partial charge < -0.3 is 4.74 Å². The first-order valence-corrected chi connectivity index (χ1v) is 6.57. The zero-order valence-corrected chi connectivity index (χ0v) is 11.8. The number of nitro groups is 1. The van der Waals surface area contributed by atoms with Gasteiger partial charge in [-0.25, -0.2) is 0 Å². The van der Waals surface area contributed by atoms with Crippen molar-refractivity contribution in [1.82, 2.24) is 0 Å². The lowest BCUT2D eigenvalue weighted by Gasteiger charge is -2.19. The number of hydrogen-bond donors (Lipinski definition) is 1. The highest BCUT2D eigenvalue weighted by molar-refractivity contribution is 7.80. The number of nitro benzene ring substituents is 1. The van der Waals surface area contributed by atoms with Crippen LogP contribution in [0.5, 0.6) is 5.75 Å². The number of hydrogen-bond acceptors (Lipinski definition) is 4. The van der Waals surface area contributed by atoms with Crippen molar-refractivity contribution in [2.45, 2.75) is 20.8 Å². The van der Waals surface area contributed by atoms with E-state index in [-0.39, 0.29) is 5.69 Å². The van der Waals surface area contributed by atoms with Crippen LogP contribution < -0.4 is 4.74 Å². The second kappa shape index (κ2) is 6.64. The molecule has 0 radical (unpaired) electrons. The first-order valence-electron chi connectivity index (χ1n) is 5.94. The second-order valence-electron chi connectivity index (χ2n) is 4.70.